The first-order chi connectivity index (χ1) is 14.3. The molecule has 2 aliphatic heterocycles. The maximum atomic E-state index is 5.47. The van der Waals surface area contributed by atoms with Crippen LogP contribution in [-0.2, 0) is 17.8 Å². The van der Waals surface area contributed by atoms with E-state index >= 15 is 0 Å². The first-order valence-corrected chi connectivity index (χ1v) is 11.3. The quantitative estimate of drug-likeness (QED) is 0.308. The largest absolute Gasteiger partial charge is 0.379 e. The minimum absolute atomic E-state index is 0. The SMILES string of the molecule is CCN1CCC(CCNC(=NC)NCc2ccccc2CN2CCOCC2)CC1.I. The summed E-state index contributed by atoms with van der Waals surface area (Å²) >= 11 is 0. The molecule has 1 aromatic carbocycles. The zero-order valence-electron chi connectivity index (χ0n) is 18.7. The van der Waals surface area contributed by atoms with Crippen LogP contribution in [0.2, 0.25) is 0 Å². The lowest BCUT2D eigenvalue weighted by atomic mass is 9.93. The second kappa shape index (κ2) is 14.2. The maximum Gasteiger partial charge on any atom is 0.191 e. The van der Waals surface area contributed by atoms with Crippen LogP contribution in [0.15, 0.2) is 29.3 Å². The fraction of sp³-hybridized carbons (Fsp3) is 0.696. The Balaban J connectivity index is 0.00000320. The van der Waals surface area contributed by atoms with Gasteiger partial charge in [0.15, 0.2) is 5.96 Å². The van der Waals surface area contributed by atoms with Gasteiger partial charge in [0, 0.05) is 39.8 Å². The van der Waals surface area contributed by atoms with Gasteiger partial charge in [0.2, 0.25) is 0 Å². The van der Waals surface area contributed by atoms with Crippen LogP contribution in [0.4, 0.5) is 0 Å². The van der Waals surface area contributed by atoms with Crippen molar-refractivity contribution < 1.29 is 4.74 Å². The molecule has 2 saturated heterocycles. The third-order valence-electron chi connectivity index (χ3n) is 6.29. The standard InChI is InChI=1S/C23H39N5O.HI/c1-3-27-12-9-20(10-13-27)8-11-25-23(24-2)26-18-21-6-4-5-7-22(21)19-28-14-16-29-17-15-28;/h4-7,20H,3,8-19H2,1-2H3,(H2,24,25,26);1H. The number of ether oxygens (including phenoxy) is 1. The molecule has 0 radical (unpaired) electrons. The van der Waals surface area contributed by atoms with Gasteiger partial charge in [-0.2, -0.15) is 0 Å². The number of aliphatic imine (C=N–C) groups is 1. The zero-order chi connectivity index (χ0) is 20.3. The lowest BCUT2D eigenvalue weighted by Crippen LogP contribution is -2.39. The molecule has 2 N–H and O–H groups in total. The summed E-state index contributed by atoms with van der Waals surface area (Å²) in [4.78, 5) is 9.44. The molecule has 30 heavy (non-hydrogen) atoms. The molecular weight excluding hydrogens is 489 g/mol. The highest BCUT2D eigenvalue weighted by Gasteiger charge is 2.17. The number of guanidine groups is 1. The third kappa shape index (κ3) is 8.32. The Morgan fingerprint density at radius 3 is 2.40 bits per heavy atom. The van der Waals surface area contributed by atoms with Crippen molar-refractivity contribution in [2.45, 2.75) is 39.3 Å². The smallest absolute Gasteiger partial charge is 0.191 e. The Morgan fingerprint density at radius 2 is 1.73 bits per heavy atom. The summed E-state index contributed by atoms with van der Waals surface area (Å²) in [7, 11) is 1.86. The predicted octanol–water partition coefficient (Wildman–Crippen LogP) is 2.92. The van der Waals surface area contributed by atoms with Gasteiger partial charge in [-0.25, -0.2) is 0 Å². The van der Waals surface area contributed by atoms with Crippen molar-refractivity contribution >= 4 is 29.9 Å². The van der Waals surface area contributed by atoms with Crippen molar-refractivity contribution in [1.82, 2.24) is 20.4 Å². The summed E-state index contributed by atoms with van der Waals surface area (Å²) in [6.07, 6.45) is 3.89. The van der Waals surface area contributed by atoms with E-state index in [0.717, 1.165) is 57.8 Å². The van der Waals surface area contributed by atoms with E-state index in [9.17, 15) is 0 Å². The average molecular weight is 530 g/mol. The monoisotopic (exact) mass is 529 g/mol. The normalized spacial score (nSPS) is 19.3. The van der Waals surface area contributed by atoms with Gasteiger partial charge in [0.25, 0.3) is 0 Å². The molecule has 1 aromatic rings. The van der Waals surface area contributed by atoms with E-state index in [1.165, 1.54) is 50.0 Å². The number of halogens is 1. The Bertz CT molecular complexity index is 628. The molecule has 0 amide bonds. The number of hydrogen-bond acceptors (Lipinski definition) is 4. The zero-order valence-corrected chi connectivity index (χ0v) is 21.1. The minimum atomic E-state index is 0. The molecule has 2 aliphatic rings. The number of nitrogens with one attached hydrogen (secondary N) is 2. The molecule has 0 saturated carbocycles. The van der Waals surface area contributed by atoms with Crippen molar-refractivity contribution in [2.75, 3.05) is 59.5 Å². The third-order valence-corrected chi connectivity index (χ3v) is 6.29. The fourth-order valence-electron chi connectivity index (χ4n) is 4.27. The molecule has 0 bridgehead atoms. The highest BCUT2D eigenvalue weighted by molar-refractivity contribution is 14.0. The van der Waals surface area contributed by atoms with E-state index in [2.05, 4.69) is 56.6 Å². The predicted molar refractivity (Wildman–Crippen MR) is 136 cm³/mol. The van der Waals surface area contributed by atoms with Crippen LogP contribution < -0.4 is 10.6 Å². The van der Waals surface area contributed by atoms with E-state index in [-0.39, 0.29) is 24.0 Å². The highest BCUT2D eigenvalue weighted by atomic mass is 127. The van der Waals surface area contributed by atoms with Gasteiger partial charge in [0.05, 0.1) is 13.2 Å². The molecule has 170 valence electrons. The van der Waals surface area contributed by atoms with E-state index in [4.69, 9.17) is 4.74 Å². The van der Waals surface area contributed by atoms with Crippen LogP contribution >= 0.6 is 24.0 Å². The fourth-order valence-corrected chi connectivity index (χ4v) is 4.27. The molecule has 6 nitrogen and oxygen atoms in total. The number of likely N-dealkylation sites (tertiary alicyclic amines) is 1. The lowest BCUT2D eigenvalue weighted by Gasteiger charge is -2.31. The van der Waals surface area contributed by atoms with E-state index in [1.54, 1.807) is 0 Å². The second-order valence-corrected chi connectivity index (χ2v) is 8.18. The number of nitrogens with zero attached hydrogens (tertiary/aromatic N) is 3. The summed E-state index contributed by atoms with van der Waals surface area (Å²) in [5.74, 6) is 1.75. The van der Waals surface area contributed by atoms with Gasteiger partial charge in [-0.3, -0.25) is 9.89 Å². The Kier molecular flexibility index (Phi) is 12.0. The maximum absolute atomic E-state index is 5.47. The van der Waals surface area contributed by atoms with Gasteiger partial charge < -0.3 is 20.3 Å². The molecule has 0 aliphatic carbocycles. The lowest BCUT2D eigenvalue weighted by molar-refractivity contribution is 0.0341. The van der Waals surface area contributed by atoms with Gasteiger partial charge in [-0.15, -0.1) is 24.0 Å². The van der Waals surface area contributed by atoms with Crippen LogP contribution in [0, 0.1) is 5.92 Å². The van der Waals surface area contributed by atoms with E-state index in [1.807, 2.05) is 7.05 Å². The first kappa shape index (κ1) is 25.4. The Hall–Kier alpha value is -0.900. The molecule has 2 fully saturated rings. The number of hydrogen-bond donors (Lipinski definition) is 2. The van der Waals surface area contributed by atoms with Crippen LogP contribution in [0.5, 0.6) is 0 Å². The summed E-state index contributed by atoms with van der Waals surface area (Å²) in [5, 5.41) is 7.02. The van der Waals surface area contributed by atoms with Crippen molar-refractivity contribution in [2.24, 2.45) is 10.9 Å². The van der Waals surface area contributed by atoms with E-state index < -0.39 is 0 Å². The first-order valence-electron chi connectivity index (χ1n) is 11.3. The number of benzene rings is 1. The summed E-state index contributed by atoms with van der Waals surface area (Å²) < 4.78 is 5.47. The van der Waals surface area contributed by atoms with Crippen molar-refractivity contribution in [1.29, 1.82) is 0 Å². The molecule has 0 spiro atoms. The van der Waals surface area contributed by atoms with Crippen molar-refractivity contribution in [3.8, 4) is 0 Å². The molecule has 0 unspecified atom stereocenters. The minimum Gasteiger partial charge on any atom is -0.379 e. The molecule has 3 rings (SSSR count). The van der Waals surface area contributed by atoms with Crippen molar-refractivity contribution in [3.05, 3.63) is 35.4 Å². The van der Waals surface area contributed by atoms with Crippen LogP contribution in [0.25, 0.3) is 0 Å². The van der Waals surface area contributed by atoms with E-state index in [0.29, 0.717) is 0 Å². The number of piperidine rings is 1. The van der Waals surface area contributed by atoms with Crippen LogP contribution in [0.1, 0.15) is 37.3 Å². The van der Waals surface area contributed by atoms with Crippen LogP contribution in [0.3, 0.4) is 0 Å². The summed E-state index contributed by atoms with van der Waals surface area (Å²) in [6.45, 7) is 12.5. The Labute approximate surface area is 199 Å². The van der Waals surface area contributed by atoms with Crippen molar-refractivity contribution in [3.63, 3.8) is 0 Å². The van der Waals surface area contributed by atoms with Gasteiger partial charge in [0.1, 0.15) is 0 Å². The Morgan fingerprint density at radius 1 is 1.03 bits per heavy atom. The number of morpholine rings is 1. The summed E-state index contributed by atoms with van der Waals surface area (Å²) in [5.41, 5.74) is 2.73. The van der Waals surface area contributed by atoms with Gasteiger partial charge >= 0.3 is 0 Å². The number of rotatable bonds is 8. The van der Waals surface area contributed by atoms with Crippen LogP contribution in [-0.4, -0.2) is 75.3 Å². The average Bonchev–Trinajstić information content (AvgIpc) is 2.78. The molecule has 0 atom stereocenters. The second-order valence-electron chi connectivity index (χ2n) is 8.18. The molecule has 2 heterocycles. The molecule has 0 aromatic heterocycles. The molecular formula is C23H40IN5O. The highest BCUT2D eigenvalue weighted by Crippen LogP contribution is 2.19. The topological polar surface area (TPSA) is 52.1 Å². The van der Waals surface area contributed by atoms with Gasteiger partial charge in [-0.05, 0) is 55.9 Å². The molecule has 7 heteroatoms. The van der Waals surface area contributed by atoms with Gasteiger partial charge in [-0.1, -0.05) is 31.2 Å². The summed E-state index contributed by atoms with van der Waals surface area (Å²) in [6, 6.07) is 8.72.